The second-order valence-corrected chi connectivity index (χ2v) is 5.10. The van der Waals surface area contributed by atoms with Gasteiger partial charge in [0, 0.05) is 0 Å². The Bertz CT molecular complexity index is 148. The maximum atomic E-state index is 4.25. The highest BCUT2D eigenvalue weighted by Crippen LogP contribution is 2.11. The van der Waals surface area contributed by atoms with Crippen LogP contribution in [0.3, 0.4) is 0 Å². The van der Waals surface area contributed by atoms with Crippen molar-refractivity contribution in [1.29, 1.82) is 0 Å². The fraction of sp³-hybridized carbons (Fsp3) is 1.00. The predicted octanol–water partition coefficient (Wildman–Crippen LogP) is 5.09. The summed E-state index contributed by atoms with van der Waals surface area (Å²) >= 11 is 0. The highest BCUT2D eigenvalue weighted by molar-refractivity contribution is 4.55. The van der Waals surface area contributed by atoms with Gasteiger partial charge in [-0.05, 0) is 24.7 Å². The maximum Gasteiger partial charge on any atom is 0.0601 e. The van der Waals surface area contributed by atoms with E-state index in [0.717, 1.165) is 24.9 Å². The molecular weight excluding hydrogens is 196 g/mol. The van der Waals surface area contributed by atoms with Crippen LogP contribution in [0.4, 0.5) is 0 Å². The lowest BCUT2D eigenvalue weighted by Crippen LogP contribution is -1.97. The zero-order chi connectivity index (χ0) is 12.2. The van der Waals surface area contributed by atoms with Crippen LogP contribution in [0.2, 0.25) is 0 Å². The molecule has 16 heavy (non-hydrogen) atoms. The average Bonchev–Trinajstić information content (AvgIpc) is 2.24. The summed E-state index contributed by atoms with van der Waals surface area (Å²) in [5, 5.41) is 8.50. The third-order valence-electron chi connectivity index (χ3n) is 3.11. The number of azo groups is 1. The van der Waals surface area contributed by atoms with Crippen molar-refractivity contribution in [1.82, 2.24) is 0 Å². The van der Waals surface area contributed by atoms with Crippen LogP contribution in [0.1, 0.15) is 66.2 Å². The summed E-state index contributed by atoms with van der Waals surface area (Å²) in [6.07, 6.45) is 7.61. The highest BCUT2D eigenvalue weighted by atomic mass is 15.1. The minimum absolute atomic E-state index is 0.808. The van der Waals surface area contributed by atoms with Gasteiger partial charge in [-0.15, -0.1) is 0 Å². The van der Waals surface area contributed by atoms with Crippen molar-refractivity contribution in [2.45, 2.75) is 66.2 Å². The molecule has 0 radical (unpaired) electrons. The van der Waals surface area contributed by atoms with E-state index in [1.165, 1.54) is 38.5 Å². The predicted molar refractivity (Wildman–Crippen MR) is 72.0 cm³/mol. The molecule has 2 unspecified atom stereocenters. The van der Waals surface area contributed by atoms with Crippen molar-refractivity contribution in [2.24, 2.45) is 22.1 Å². The summed E-state index contributed by atoms with van der Waals surface area (Å²) in [5.41, 5.74) is 0. The summed E-state index contributed by atoms with van der Waals surface area (Å²) in [6, 6.07) is 0. The van der Waals surface area contributed by atoms with E-state index in [2.05, 4.69) is 37.9 Å². The Hall–Kier alpha value is -0.400. The Labute approximate surface area is 102 Å². The third kappa shape index (κ3) is 10.1. The van der Waals surface area contributed by atoms with Crippen molar-refractivity contribution in [3.8, 4) is 0 Å². The van der Waals surface area contributed by atoms with Gasteiger partial charge in [0.15, 0.2) is 0 Å². The molecule has 0 aromatic rings. The van der Waals surface area contributed by atoms with Crippen molar-refractivity contribution < 1.29 is 0 Å². The van der Waals surface area contributed by atoms with E-state index in [1.807, 2.05) is 0 Å². The lowest BCUT2D eigenvalue weighted by Gasteiger charge is -2.07. The van der Waals surface area contributed by atoms with Gasteiger partial charge in [-0.1, -0.05) is 53.4 Å². The first-order chi connectivity index (χ1) is 7.70. The smallest absolute Gasteiger partial charge is 0.0601 e. The standard InChI is InChI=1S/C14H30N2/c1-5-7-13(3)9-11-15-16-12-10-14(4)8-6-2/h13-14H,5-12H2,1-4H3. The Kier molecular flexibility index (Phi) is 10.8. The van der Waals surface area contributed by atoms with E-state index in [9.17, 15) is 0 Å². The van der Waals surface area contributed by atoms with Crippen LogP contribution in [-0.4, -0.2) is 13.1 Å². The number of hydrogen-bond acceptors (Lipinski definition) is 2. The van der Waals surface area contributed by atoms with Gasteiger partial charge in [-0.2, -0.15) is 10.2 Å². The van der Waals surface area contributed by atoms with Crippen molar-refractivity contribution in [2.75, 3.05) is 13.1 Å². The minimum atomic E-state index is 0.808. The first kappa shape index (κ1) is 15.6. The SMILES string of the molecule is CCCC(C)CCN=NCCC(C)CCC. The quantitative estimate of drug-likeness (QED) is 0.463. The molecule has 0 aliphatic rings. The molecule has 2 atom stereocenters. The van der Waals surface area contributed by atoms with Crippen LogP contribution in [0.5, 0.6) is 0 Å². The van der Waals surface area contributed by atoms with Crippen molar-refractivity contribution in [3.63, 3.8) is 0 Å². The number of hydrogen-bond donors (Lipinski definition) is 0. The van der Waals surface area contributed by atoms with Gasteiger partial charge in [0.1, 0.15) is 0 Å². The molecule has 0 saturated heterocycles. The van der Waals surface area contributed by atoms with Gasteiger partial charge < -0.3 is 0 Å². The lowest BCUT2D eigenvalue weighted by atomic mass is 10.0. The summed E-state index contributed by atoms with van der Waals surface area (Å²) in [7, 11) is 0. The van der Waals surface area contributed by atoms with Crippen molar-refractivity contribution in [3.05, 3.63) is 0 Å². The second-order valence-electron chi connectivity index (χ2n) is 5.10. The molecule has 0 spiro atoms. The van der Waals surface area contributed by atoms with Gasteiger partial charge in [0.2, 0.25) is 0 Å². The Balaban J connectivity index is 3.34. The van der Waals surface area contributed by atoms with E-state index >= 15 is 0 Å². The van der Waals surface area contributed by atoms with Crippen LogP contribution >= 0.6 is 0 Å². The van der Waals surface area contributed by atoms with E-state index in [-0.39, 0.29) is 0 Å². The Morgan fingerprint density at radius 3 is 1.38 bits per heavy atom. The second kappa shape index (κ2) is 11.1. The van der Waals surface area contributed by atoms with Gasteiger partial charge in [-0.3, -0.25) is 0 Å². The fourth-order valence-corrected chi connectivity index (χ4v) is 1.97. The molecule has 0 aliphatic carbocycles. The molecule has 96 valence electrons. The molecule has 0 N–H and O–H groups in total. The van der Waals surface area contributed by atoms with Crippen LogP contribution in [-0.2, 0) is 0 Å². The van der Waals surface area contributed by atoms with Crippen LogP contribution in [0.15, 0.2) is 10.2 Å². The topological polar surface area (TPSA) is 24.7 Å². The lowest BCUT2D eigenvalue weighted by molar-refractivity contribution is 0.475. The van der Waals surface area contributed by atoms with E-state index in [4.69, 9.17) is 0 Å². The summed E-state index contributed by atoms with van der Waals surface area (Å²) in [5.74, 6) is 1.62. The zero-order valence-electron chi connectivity index (χ0n) is 11.7. The van der Waals surface area contributed by atoms with E-state index in [1.54, 1.807) is 0 Å². The van der Waals surface area contributed by atoms with Gasteiger partial charge in [0.05, 0.1) is 13.1 Å². The van der Waals surface area contributed by atoms with Crippen molar-refractivity contribution >= 4 is 0 Å². The first-order valence-corrected chi connectivity index (χ1v) is 7.03. The molecule has 0 aromatic heterocycles. The molecule has 0 heterocycles. The average molecular weight is 226 g/mol. The minimum Gasteiger partial charge on any atom is -0.194 e. The Morgan fingerprint density at radius 2 is 1.06 bits per heavy atom. The molecule has 0 aromatic carbocycles. The summed E-state index contributed by atoms with van der Waals surface area (Å²) in [6.45, 7) is 10.9. The van der Waals surface area contributed by atoms with Gasteiger partial charge >= 0.3 is 0 Å². The molecule has 0 rings (SSSR count). The third-order valence-corrected chi connectivity index (χ3v) is 3.11. The highest BCUT2D eigenvalue weighted by Gasteiger charge is 2.00. The Morgan fingerprint density at radius 1 is 0.688 bits per heavy atom. The molecule has 0 bridgehead atoms. The summed E-state index contributed by atoms with van der Waals surface area (Å²) < 4.78 is 0. The molecule has 2 heteroatoms. The van der Waals surface area contributed by atoms with Crippen LogP contribution in [0.25, 0.3) is 0 Å². The monoisotopic (exact) mass is 226 g/mol. The number of nitrogens with zero attached hydrogens (tertiary/aromatic N) is 2. The number of rotatable bonds is 10. The largest absolute Gasteiger partial charge is 0.194 e. The normalized spacial score (nSPS) is 15.5. The zero-order valence-corrected chi connectivity index (χ0v) is 11.7. The first-order valence-electron chi connectivity index (χ1n) is 7.03. The molecule has 0 fully saturated rings. The van der Waals surface area contributed by atoms with Crippen LogP contribution in [0, 0.1) is 11.8 Å². The van der Waals surface area contributed by atoms with E-state index in [0.29, 0.717) is 0 Å². The van der Waals surface area contributed by atoms with E-state index < -0.39 is 0 Å². The molecule has 0 aliphatic heterocycles. The molecule has 0 saturated carbocycles. The molecule has 0 amide bonds. The maximum absolute atomic E-state index is 4.25. The molecular formula is C14H30N2. The van der Waals surface area contributed by atoms with Gasteiger partial charge in [0.25, 0.3) is 0 Å². The molecule has 2 nitrogen and oxygen atoms in total. The fourth-order valence-electron chi connectivity index (χ4n) is 1.97. The van der Waals surface area contributed by atoms with Gasteiger partial charge in [-0.25, -0.2) is 0 Å². The summed E-state index contributed by atoms with van der Waals surface area (Å²) in [4.78, 5) is 0. The van der Waals surface area contributed by atoms with Crippen LogP contribution < -0.4 is 0 Å².